The van der Waals surface area contributed by atoms with Gasteiger partial charge < -0.3 is 4.74 Å². The molecule has 88 valence electrons. The summed E-state index contributed by atoms with van der Waals surface area (Å²) in [5, 5.41) is -0.387. The summed E-state index contributed by atoms with van der Waals surface area (Å²) in [5.74, 6) is -0.899. The maximum atomic E-state index is 11.5. The fourth-order valence-electron chi connectivity index (χ4n) is 0.972. The second-order valence-corrected chi connectivity index (χ2v) is 4.14. The first-order valence-corrected chi connectivity index (χ1v) is 5.29. The minimum atomic E-state index is -0.560. The Balaban J connectivity index is 0.00000225. The Morgan fingerprint density at radius 2 is 2.19 bits per heavy atom. The summed E-state index contributed by atoms with van der Waals surface area (Å²) in [7, 11) is 0. The molecule has 0 fully saturated rings. The van der Waals surface area contributed by atoms with Crippen LogP contribution in [0.2, 0.25) is 0 Å². The van der Waals surface area contributed by atoms with Gasteiger partial charge in [-0.1, -0.05) is 6.07 Å². The van der Waals surface area contributed by atoms with Crippen molar-refractivity contribution in [2.24, 2.45) is 0 Å². The van der Waals surface area contributed by atoms with E-state index < -0.39 is 5.97 Å². The van der Waals surface area contributed by atoms with Crippen LogP contribution in [0.1, 0.15) is 23.8 Å². The number of aromatic nitrogens is 1. The van der Waals surface area contributed by atoms with Crippen molar-refractivity contribution in [1.29, 1.82) is 0 Å². The number of carbonyl (C=O) groups is 2. The Labute approximate surface area is 112 Å². The average Bonchev–Trinajstić information content (AvgIpc) is 2.17. The molecule has 0 aliphatic heterocycles. The number of pyridine rings is 1. The Bertz CT molecular complexity index is 354. The van der Waals surface area contributed by atoms with Crippen molar-refractivity contribution in [3.05, 3.63) is 30.1 Å². The molecular formula is C10H11Br2NO3. The number of alkyl halides is 1. The highest BCUT2D eigenvalue weighted by Crippen LogP contribution is 2.05. The molecular weight excluding hydrogens is 342 g/mol. The fourth-order valence-corrected chi connectivity index (χ4v) is 1.18. The number of esters is 1. The van der Waals surface area contributed by atoms with Gasteiger partial charge in [-0.25, -0.2) is 0 Å². The van der Waals surface area contributed by atoms with E-state index in [9.17, 15) is 9.59 Å². The van der Waals surface area contributed by atoms with Crippen molar-refractivity contribution >= 4 is 44.7 Å². The molecule has 1 aromatic heterocycles. The molecule has 1 heterocycles. The first kappa shape index (κ1) is 15.2. The number of carbonyl (C=O) groups excluding carboxylic acids is 2. The first-order chi connectivity index (χ1) is 7.09. The number of hydrogen-bond donors (Lipinski definition) is 0. The number of rotatable bonds is 4. The van der Waals surface area contributed by atoms with Crippen molar-refractivity contribution in [3.63, 3.8) is 0 Å². The normalized spacial score (nSPS) is 11.1. The second-order valence-electron chi connectivity index (χ2n) is 2.85. The lowest BCUT2D eigenvalue weighted by Gasteiger charge is -2.05. The van der Waals surface area contributed by atoms with E-state index in [2.05, 4.69) is 20.9 Å². The zero-order valence-corrected chi connectivity index (χ0v) is 11.9. The Hall–Kier alpha value is -0.750. The lowest BCUT2D eigenvalue weighted by Crippen LogP contribution is -2.14. The van der Waals surface area contributed by atoms with Crippen LogP contribution in [-0.4, -0.2) is 21.7 Å². The summed E-state index contributed by atoms with van der Waals surface area (Å²) in [6, 6.07) is 4.96. The van der Waals surface area contributed by atoms with E-state index in [1.807, 2.05) is 0 Å². The molecule has 0 aliphatic rings. The van der Waals surface area contributed by atoms with E-state index in [0.29, 0.717) is 0 Å². The minimum absolute atomic E-state index is 0. The topological polar surface area (TPSA) is 56.3 Å². The van der Waals surface area contributed by atoms with Crippen LogP contribution in [0.5, 0.6) is 0 Å². The predicted molar refractivity (Wildman–Crippen MR) is 68.0 cm³/mol. The van der Waals surface area contributed by atoms with Crippen molar-refractivity contribution in [2.45, 2.75) is 18.4 Å². The van der Waals surface area contributed by atoms with Gasteiger partial charge in [0.25, 0.3) is 0 Å². The maximum Gasteiger partial charge on any atom is 0.314 e. The maximum absolute atomic E-state index is 11.5. The van der Waals surface area contributed by atoms with Crippen molar-refractivity contribution in [3.8, 4) is 0 Å². The fraction of sp³-hybridized carbons (Fsp3) is 0.300. The number of ketones is 1. The van der Waals surface area contributed by atoms with Crippen molar-refractivity contribution < 1.29 is 14.3 Å². The van der Waals surface area contributed by atoms with E-state index in [0.717, 1.165) is 0 Å². The quantitative estimate of drug-likeness (QED) is 0.361. The number of halogens is 2. The largest absolute Gasteiger partial charge is 0.451 e. The summed E-state index contributed by atoms with van der Waals surface area (Å²) in [6.45, 7) is 1.66. The van der Waals surface area contributed by atoms with Crippen LogP contribution < -0.4 is 0 Å². The third-order valence-electron chi connectivity index (χ3n) is 1.55. The summed E-state index contributed by atoms with van der Waals surface area (Å²) in [4.78, 5) is 26.4. The summed E-state index contributed by atoms with van der Waals surface area (Å²) in [5.41, 5.74) is 0.275. The molecule has 0 N–H and O–H groups in total. The highest BCUT2D eigenvalue weighted by atomic mass is 79.9. The molecule has 6 heteroatoms. The molecule has 0 aromatic carbocycles. The monoisotopic (exact) mass is 351 g/mol. The molecule has 0 aliphatic carbocycles. The van der Waals surface area contributed by atoms with Gasteiger partial charge in [0, 0.05) is 6.20 Å². The number of hydrogen-bond acceptors (Lipinski definition) is 4. The molecule has 16 heavy (non-hydrogen) atoms. The third kappa shape index (κ3) is 5.37. The van der Waals surface area contributed by atoms with Gasteiger partial charge in [0.1, 0.15) is 12.1 Å². The van der Waals surface area contributed by atoms with E-state index in [1.165, 1.54) is 6.20 Å². The predicted octanol–water partition coefficient (Wildman–Crippen LogP) is 2.52. The number of ether oxygens (including phenoxy) is 1. The standard InChI is InChI=1S/C10H10BrNO3.BrH/c1-7(11)15-10(14)6-9(13)8-4-2-3-5-12-8;/h2-5,7H,6H2,1H3;1H. The second kappa shape index (κ2) is 7.51. The zero-order chi connectivity index (χ0) is 11.3. The number of nitrogens with zero attached hydrogens (tertiary/aromatic N) is 1. The molecule has 0 saturated carbocycles. The zero-order valence-electron chi connectivity index (χ0n) is 8.55. The van der Waals surface area contributed by atoms with Gasteiger partial charge in [-0.2, -0.15) is 0 Å². The molecule has 0 bridgehead atoms. The summed E-state index contributed by atoms with van der Waals surface area (Å²) in [6.07, 6.45) is 1.22. The molecule has 1 rings (SSSR count). The van der Waals surface area contributed by atoms with Crippen LogP contribution in [0.25, 0.3) is 0 Å². The summed E-state index contributed by atoms with van der Waals surface area (Å²) >= 11 is 3.05. The van der Waals surface area contributed by atoms with Crippen molar-refractivity contribution in [1.82, 2.24) is 4.98 Å². The highest BCUT2D eigenvalue weighted by Gasteiger charge is 2.14. The molecule has 0 spiro atoms. The van der Waals surface area contributed by atoms with E-state index in [-0.39, 0.29) is 39.9 Å². The molecule has 0 amide bonds. The smallest absolute Gasteiger partial charge is 0.314 e. The average molecular weight is 353 g/mol. The van der Waals surface area contributed by atoms with Crippen LogP contribution >= 0.6 is 32.9 Å². The van der Waals surface area contributed by atoms with E-state index >= 15 is 0 Å². The van der Waals surface area contributed by atoms with Gasteiger partial charge in [0.15, 0.2) is 10.8 Å². The Morgan fingerprint density at radius 3 is 2.69 bits per heavy atom. The SMILES string of the molecule is Br.CC(Br)OC(=O)CC(=O)c1ccccn1. The van der Waals surface area contributed by atoms with Crippen LogP contribution in [0.3, 0.4) is 0 Å². The Morgan fingerprint density at radius 1 is 1.50 bits per heavy atom. The molecule has 0 radical (unpaired) electrons. The van der Waals surface area contributed by atoms with Gasteiger partial charge in [0.2, 0.25) is 0 Å². The number of Topliss-reactive ketones (excluding diaryl/α,β-unsaturated/α-hetero) is 1. The first-order valence-electron chi connectivity index (χ1n) is 4.37. The van der Waals surface area contributed by atoms with E-state index in [1.54, 1.807) is 25.1 Å². The van der Waals surface area contributed by atoms with Gasteiger partial charge in [-0.05, 0) is 35.0 Å². The van der Waals surface area contributed by atoms with Crippen LogP contribution in [0.15, 0.2) is 24.4 Å². The molecule has 1 aromatic rings. The minimum Gasteiger partial charge on any atom is -0.451 e. The molecule has 1 atom stereocenters. The van der Waals surface area contributed by atoms with Gasteiger partial charge >= 0.3 is 5.97 Å². The van der Waals surface area contributed by atoms with Crippen LogP contribution in [-0.2, 0) is 9.53 Å². The molecule has 0 saturated heterocycles. The van der Waals surface area contributed by atoms with E-state index in [4.69, 9.17) is 4.74 Å². The Kier molecular flexibility index (Phi) is 7.16. The summed E-state index contributed by atoms with van der Waals surface area (Å²) < 4.78 is 4.77. The molecule has 4 nitrogen and oxygen atoms in total. The lowest BCUT2D eigenvalue weighted by atomic mass is 10.2. The van der Waals surface area contributed by atoms with Crippen LogP contribution in [0.4, 0.5) is 0 Å². The van der Waals surface area contributed by atoms with Gasteiger partial charge in [0.05, 0.1) is 0 Å². The third-order valence-corrected chi connectivity index (χ3v) is 1.74. The van der Waals surface area contributed by atoms with Crippen molar-refractivity contribution in [2.75, 3.05) is 0 Å². The lowest BCUT2D eigenvalue weighted by molar-refractivity contribution is -0.143. The highest BCUT2D eigenvalue weighted by molar-refractivity contribution is 9.09. The van der Waals surface area contributed by atoms with Crippen LogP contribution in [0, 0.1) is 0 Å². The molecule has 1 unspecified atom stereocenters. The van der Waals surface area contributed by atoms with Gasteiger partial charge in [-0.3, -0.25) is 14.6 Å². The van der Waals surface area contributed by atoms with Gasteiger partial charge in [-0.15, -0.1) is 17.0 Å².